The number of allylic oxidation sites excluding steroid dienone is 2. The van der Waals surface area contributed by atoms with Gasteiger partial charge in [-0.25, -0.2) is 0 Å². The number of hydrogen-bond acceptors (Lipinski definition) is 2. The summed E-state index contributed by atoms with van der Waals surface area (Å²) in [6.45, 7) is 1.92. The number of nitrogens with zero attached hydrogens (tertiary/aromatic N) is 1. The van der Waals surface area contributed by atoms with E-state index in [1.807, 2.05) is 13.0 Å². The molecule has 1 heterocycles. The van der Waals surface area contributed by atoms with Gasteiger partial charge in [0.25, 0.3) is 11.8 Å². The number of carbonyl (C=O) groups excluding carboxylic acids is 2. The van der Waals surface area contributed by atoms with Gasteiger partial charge in [0.1, 0.15) is 0 Å². The Kier molecular flexibility index (Phi) is 1.62. The Morgan fingerprint density at radius 2 is 2.00 bits per heavy atom. The summed E-state index contributed by atoms with van der Waals surface area (Å²) in [5, 5.41) is 0. The largest absolute Gasteiger partial charge is 0.277 e. The van der Waals surface area contributed by atoms with E-state index in [0.29, 0.717) is 11.1 Å². The van der Waals surface area contributed by atoms with Crippen LogP contribution in [-0.2, 0) is 9.59 Å². The van der Waals surface area contributed by atoms with E-state index in [-0.39, 0.29) is 11.8 Å². The Labute approximate surface area is 76.7 Å². The number of rotatable bonds is 0. The van der Waals surface area contributed by atoms with Gasteiger partial charge in [-0.2, -0.15) is 0 Å². The van der Waals surface area contributed by atoms with Crippen LogP contribution in [0.2, 0.25) is 0 Å². The lowest BCUT2D eigenvalue weighted by molar-refractivity contribution is -0.134. The van der Waals surface area contributed by atoms with E-state index in [0.717, 1.165) is 18.4 Å². The molecule has 2 amide bonds. The van der Waals surface area contributed by atoms with Gasteiger partial charge in [0.2, 0.25) is 0 Å². The summed E-state index contributed by atoms with van der Waals surface area (Å²) in [7, 11) is 1.53. The zero-order chi connectivity index (χ0) is 9.59. The first-order chi connectivity index (χ1) is 6.13. The van der Waals surface area contributed by atoms with Crippen molar-refractivity contribution in [2.24, 2.45) is 0 Å². The quantitative estimate of drug-likeness (QED) is 0.518. The van der Waals surface area contributed by atoms with Gasteiger partial charge in [0.05, 0.1) is 5.57 Å². The lowest BCUT2D eigenvalue weighted by Crippen LogP contribution is -2.24. The van der Waals surface area contributed by atoms with Gasteiger partial charge in [0, 0.05) is 12.6 Å². The van der Waals surface area contributed by atoms with Crippen LogP contribution in [0.3, 0.4) is 0 Å². The monoisotopic (exact) mass is 177 g/mol. The highest BCUT2D eigenvalue weighted by Gasteiger charge is 2.38. The van der Waals surface area contributed by atoms with Crippen LogP contribution in [0.1, 0.15) is 19.8 Å². The van der Waals surface area contributed by atoms with E-state index in [9.17, 15) is 9.59 Å². The summed E-state index contributed by atoms with van der Waals surface area (Å²) in [6, 6.07) is 0. The predicted octanol–water partition coefficient (Wildman–Crippen LogP) is 1.02. The number of imide groups is 1. The molecule has 2 aliphatic rings. The van der Waals surface area contributed by atoms with Crippen LogP contribution in [0.25, 0.3) is 0 Å². The van der Waals surface area contributed by atoms with Crippen molar-refractivity contribution in [2.75, 3.05) is 7.05 Å². The number of amides is 2. The molecule has 13 heavy (non-hydrogen) atoms. The second-order valence-corrected chi connectivity index (χ2v) is 3.48. The third kappa shape index (κ3) is 0.963. The van der Waals surface area contributed by atoms with Crippen molar-refractivity contribution in [2.45, 2.75) is 19.8 Å². The van der Waals surface area contributed by atoms with Crippen LogP contribution < -0.4 is 0 Å². The van der Waals surface area contributed by atoms with Crippen LogP contribution in [-0.4, -0.2) is 23.8 Å². The van der Waals surface area contributed by atoms with Crippen molar-refractivity contribution in [3.63, 3.8) is 0 Å². The van der Waals surface area contributed by atoms with Crippen molar-refractivity contribution in [1.29, 1.82) is 0 Å². The highest BCUT2D eigenvalue weighted by molar-refractivity contribution is 6.24. The van der Waals surface area contributed by atoms with Crippen molar-refractivity contribution in [3.8, 4) is 0 Å². The second-order valence-electron chi connectivity index (χ2n) is 3.48. The highest BCUT2D eigenvalue weighted by atomic mass is 16.2. The summed E-state index contributed by atoms with van der Waals surface area (Å²) in [5.41, 5.74) is 2.29. The molecule has 3 heteroatoms. The van der Waals surface area contributed by atoms with Gasteiger partial charge in [-0.15, -0.1) is 0 Å². The van der Waals surface area contributed by atoms with Crippen LogP contribution in [0.4, 0.5) is 0 Å². The molecule has 0 bridgehead atoms. The molecule has 0 spiro atoms. The van der Waals surface area contributed by atoms with E-state index in [4.69, 9.17) is 0 Å². The maximum absolute atomic E-state index is 11.6. The highest BCUT2D eigenvalue weighted by Crippen LogP contribution is 2.32. The molecule has 0 unspecified atom stereocenters. The molecule has 0 atom stereocenters. The minimum atomic E-state index is -0.154. The number of hydrogen-bond donors (Lipinski definition) is 0. The standard InChI is InChI=1S/C10H11NO2/c1-6-4-3-5-7-8(6)10(13)11(2)9(7)12/h5H,3-4H2,1-2H3. The molecule has 1 aliphatic carbocycles. The minimum Gasteiger partial charge on any atom is -0.277 e. The van der Waals surface area contributed by atoms with E-state index < -0.39 is 0 Å². The average molecular weight is 177 g/mol. The summed E-state index contributed by atoms with van der Waals surface area (Å²) < 4.78 is 0. The molecule has 68 valence electrons. The van der Waals surface area contributed by atoms with Gasteiger partial charge in [0.15, 0.2) is 0 Å². The molecule has 3 nitrogen and oxygen atoms in total. The third-order valence-corrected chi connectivity index (χ3v) is 2.62. The predicted molar refractivity (Wildman–Crippen MR) is 47.8 cm³/mol. The average Bonchev–Trinajstić information content (AvgIpc) is 2.33. The summed E-state index contributed by atoms with van der Waals surface area (Å²) >= 11 is 0. The first-order valence-electron chi connectivity index (χ1n) is 4.35. The smallest absolute Gasteiger partial charge is 0.261 e. The molecule has 0 aromatic rings. The first kappa shape index (κ1) is 8.23. The fourth-order valence-corrected chi connectivity index (χ4v) is 1.82. The maximum Gasteiger partial charge on any atom is 0.261 e. The first-order valence-corrected chi connectivity index (χ1v) is 4.35. The van der Waals surface area contributed by atoms with E-state index >= 15 is 0 Å². The Morgan fingerprint density at radius 1 is 1.31 bits per heavy atom. The Hall–Kier alpha value is -1.38. The molecule has 1 aliphatic heterocycles. The van der Waals surface area contributed by atoms with E-state index in [2.05, 4.69) is 0 Å². The normalized spacial score (nSPS) is 22.3. The molecular formula is C10H11NO2. The zero-order valence-electron chi connectivity index (χ0n) is 7.76. The molecule has 1 saturated heterocycles. The molecule has 0 aromatic heterocycles. The van der Waals surface area contributed by atoms with Gasteiger partial charge in [-0.1, -0.05) is 11.6 Å². The van der Waals surface area contributed by atoms with Crippen molar-refractivity contribution >= 4 is 11.8 Å². The zero-order valence-corrected chi connectivity index (χ0v) is 7.76. The molecule has 0 aromatic carbocycles. The van der Waals surface area contributed by atoms with Crippen LogP contribution in [0.15, 0.2) is 22.8 Å². The topological polar surface area (TPSA) is 37.4 Å². The van der Waals surface area contributed by atoms with Crippen LogP contribution in [0, 0.1) is 0 Å². The Morgan fingerprint density at radius 3 is 2.62 bits per heavy atom. The van der Waals surface area contributed by atoms with Crippen molar-refractivity contribution in [1.82, 2.24) is 4.90 Å². The fourth-order valence-electron chi connectivity index (χ4n) is 1.82. The van der Waals surface area contributed by atoms with Gasteiger partial charge in [-0.05, 0) is 19.8 Å². The van der Waals surface area contributed by atoms with E-state index in [1.54, 1.807) is 0 Å². The SMILES string of the molecule is CC1=C2C(=O)N(C)C(=O)C2=CCC1. The summed E-state index contributed by atoms with van der Waals surface area (Å²) in [6.07, 6.45) is 3.63. The van der Waals surface area contributed by atoms with Crippen LogP contribution in [0.5, 0.6) is 0 Å². The summed E-state index contributed by atoms with van der Waals surface area (Å²) in [5.74, 6) is -0.299. The van der Waals surface area contributed by atoms with E-state index in [1.165, 1.54) is 11.9 Å². The summed E-state index contributed by atoms with van der Waals surface area (Å²) in [4.78, 5) is 24.3. The Bertz CT molecular complexity index is 363. The molecule has 2 rings (SSSR count). The fraction of sp³-hybridized carbons (Fsp3) is 0.400. The van der Waals surface area contributed by atoms with Crippen LogP contribution >= 0.6 is 0 Å². The van der Waals surface area contributed by atoms with Crippen molar-refractivity contribution in [3.05, 3.63) is 22.8 Å². The molecule has 1 fully saturated rings. The maximum atomic E-state index is 11.6. The number of likely N-dealkylation sites (N-methyl/N-ethyl adjacent to an activating group) is 1. The van der Waals surface area contributed by atoms with Gasteiger partial charge >= 0.3 is 0 Å². The molecule has 0 radical (unpaired) electrons. The van der Waals surface area contributed by atoms with Crippen molar-refractivity contribution < 1.29 is 9.59 Å². The molecule has 0 N–H and O–H groups in total. The second kappa shape index (κ2) is 2.55. The number of fused-ring (bicyclic) bond motifs is 1. The number of carbonyl (C=O) groups is 2. The molecular weight excluding hydrogens is 166 g/mol. The number of likely N-dealkylation sites (tertiary alicyclic amines) is 1. The molecule has 0 saturated carbocycles. The minimum absolute atomic E-state index is 0.145. The third-order valence-electron chi connectivity index (χ3n) is 2.62. The van der Waals surface area contributed by atoms with Gasteiger partial charge in [-0.3, -0.25) is 14.5 Å². The Balaban J connectivity index is 2.59. The lowest BCUT2D eigenvalue weighted by atomic mass is 9.93. The lowest BCUT2D eigenvalue weighted by Gasteiger charge is -2.08. The van der Waals surface area contributed by atoms with Gasteiger partial charge < -0.3 is 0 Å².